The highest BCUT2D eigenvalue weighted by Crippen LogP contribution is 2.38. The van der Waals surface area contributed by atoms with Crippen LogP contribution in [-0.4, -0.2) is 102 Å². The smallest absolute Gasteiger partial charge is 0.475 e. The molecule has 0 radical (unpaired) electrons. The molecular formula is C27H27ClF6N8O4S. The third-order valence-electron chi connectivity index (χ3n) is 7.04. The van der Waals surface area contributed by atoms with Crippen LogP contribution in [0.2, 0.25) is 5.02 Å². The molecule has 4 aromatic rings. The van der Waals surface area contributed by atoms with Gasteiger partial charge in [0.05, 0.1) is 10.4 Å². The Morgan fingerprint density at radius 1 is 0.979 bits per heavy atom. The van der Waals surface area contributed by atoms with Crippen LogP contribution in [0.1, 0.15) is 31.9 Å². The summed E-state index contributed by atoms with van der Waals surface area (Å²) >= 11 is 8.25. The first-order valence-corrected chi connectivity index (χ1v) is 15.2. The zero-order valence-electron chi connectivity index (χ0n) is 24.4. The van der Waals surface area contributed by atoms with Gasteiger partial charge in [-0.15, -0.1) is 0 Å². The van der Waals surface area contributed by atoms with E-state index in [9.17, 15) is 26.3 Å². The summed E-state index contributed by atoms with van der Waals surface area (Å²) in [5, 5.41) is 16.6. The van der Waals surface area contributed by atoms with Crippen molar-refractivity contribution in [2.45, 2.75) is 61.1 Å². The molecule has 0 amide bonds. The molecule has 0 spiro atoms. The highest BCUT2D eigenvalue weighted by atomic mass is 35.5. The molecule has 3 N–H and O–H groups in total. The van der Waals surface area contributed by atoms with E-state index in [1.165, 1.54) is 44.1 Å². The predicted octanol–water partition coefficient (Wildman–Crippen LogP) is 5.60. The number of carboxylic acid groups (broad SMARTS) is 2. The number of piperidine rings is 1. The molecule has 0 atom stereocenters. The largest absolute Gasteiger partial charge is 0.490 e. The van der Waals surface area contributed by atoms with E-state index in [0.29, 0.717) is 16.8 Å². The van der Waals surface area contributed by atoms with E-state index in [-0.39, 0.29) is 0 Å². The number of alkyl halides is 6. The second-order valence-electron chi connectivity index (χ2n) is 10.3. The van der Waals surface area contributed by atoms with Crippen molar-refractivity contribution in [3.63, 3.8) is 0 Å². The van der Waals surface area contributed by atoms with Gasteiger partial charge in [0.2, 0.25) is 0 Å². The van der Waals surface area contributed by atoms with Crippen molar-refractivity contribution >= 4 is 63.3 Å². The summed E-state index contributed by atoms with van der Waals surface area (Å²) in [6, 6.07) is 2.57. The molecule has 4 aromatic heterocycles. The number of aliphatic carboxylic acids is 2. The van der Waals surface area contributed by atoms with E-state index in [0.717, 1.165) is 57.5 Å². The molecule has 20 heteroatoms. The number of anilines is 1. The lowest BCUT2D eigenvalue weighted by Crippen LogP contribution is -2.60. The van der Waals surface area contributed by atoms with E-state index < -0.39 is 24.3 Å². The van der Waals surface area contributed by atoms with E-state index in [4.69, 9.17) is 41.4 Å². The van der Waals surface area contributed by atoms with Crippen molar-refractivity contribution in [2.75, 3.05) is 31.1 Å². The zero-order valence-corrected chi connectivity index (χ0v) is 26.0. The number of hydrogen-bond acceptors (Lipinski definition) is 10. The molecule has 0 unspecified atom stereocenters. The van der Waals surface area contributed by atoms with Gasteiger partial charge in [0.15, 0.2) is 10.8 Å². The number of hydrogen-bond donors (Lipinski definition) is 3. The number of nitrogens with zero attached hydrogens (tertiary/aromatic N) is 7. The van der Waals surface area contributed by atoms with Crippen molar-refractivity contribution < 1.29 is 46.1 Å². The first-order chi connectivity index (χ1) is 22.1. The van der Waals surface area contributed by atoms with Crippen LogP contribution in [0.4, 0.5) is 32.2 Å². The molecule has 254 valence electrons. The molecule has 0 saturated carbocycles. The number of carbonyl (C=O) groups is 2. The van der Waals surface area contributed by atoms with Crippen LogP contribution < -0.4 is 4.90 Å². The molecule has 2 saturated heterocycles. The van der Waals surface area contributed by atoms with E-state index in [1.54, 1.807) is 18.6 Å². The fraction of sp³-hybridized carbons (Fsp3) is 0.444. The lowest BCUT2D eigenvalue weighted by Gasteiger charge is -2.47. The van der Waals surface area contributed by atoms with Crippen molar-refractivity contribution in [1.29, 1.82) is 0 Å². The number of likely N-dealkylation sites (tertiary alicyclic amines) is 1. The van der Waals surface area contributed by atoms with Gasteiger partial charge in [0, 0.05) is 48.3 Å². The fourth-order valence-electron chi connectivity index (χ4n) is 4.73. The number of aromatic amines is 1. The summed E-state index contributed by atoms with van der Waals surface area (Å²) in [6.45, 7) is 6.47. The lowest BCUT2D eigenvalue weighted by atomic mass is 10.0. The quantitative estimate of drug-likeness (QED) is 0.174. The summed E-state index contributed by atoms with van der Waals surface area (Å²) in [7, 11) is 0. The Kier molecular flexibility index (Phi) is 11.3. The first-order valence-electron chi connectivity index (χ1n) is 14.0. The van der Waals surface area contributed by atoms with Crippen LogP contribution in [0, 0.1) is 0 Å². The second-order valence-corrected chi connectivity index (χ2v) is 11.7. The van der Waals surface area contributed by atoms with Crippen molar-refractivity contribution in [1.82, 2.24) is 34.8 Å². The minimum Gasteiger partial charge on any atom is -0.475 e. The average Bonchev–Trinajstić information content (AvgIpc) is 3.31. The maximum Gasteiger partial charge on any atom is 0.490 e. The van der Waals surface area contributed by atoms with Gasteiger partial charge in [-0.3, -0.25) is 9.88 Å². The van der Waals surface area contributed by atoms with Crippen LogP contribution in [0.15, 0.2) is 34.7 Å². The molecule has 6 rings (SSSR count). The number of nitrogens with one attached hydrogen (secondary N) is 1. The van der Waals surface area contributed by atoms with Crippen LogP contribution in [0.25, 0.3) is 22.2 Å². The maximum atomic E-state index is 10.6. The van der Waals surface area contributed by atoms with Gasteiger partial charge in [-0.2, -0.15) is 26.3 Å². The summed E-state index contributed by atoms with van der Waals surface area (Å²) in [4.78, 5) is 49.9. The Bertz CT molecular complexity index is 1710. The standard InChI is InChI=1S/C23H25ClN8S.2C2HF3O2/c1-2-16-19(24)18-21(28-16)29-23(33-15-10-17-20(27-11-15)26-7-6-25-17)30-22(18)32-12-14(13-32)31-8-4-3-5-9-31;2*3-2(4,5)1(6)7/h6-7,10-11,14H,2-5,8-9,12-13H2,1H3,(H,28,29,30);2*(H,6,7). The van der Waals surface area contributed by atoms with Gasteiger partial charge < -0.3 is 20.1 Å². The van der Waals surface area contributed by atoms with Gasteiger partial charge in [0.1, 0.15) is 17.0 Å². The number of aromatic nitrogens is 6. The zero-order chi connectivity index (χ0) is 34.5. The number of H-pyrrole nitrogens is 1. The molecule has 6 heterocycles. The van der Waals surface area contributed by atoms with Crippen LogP contribution >= 0.6 is 23.4 Å². The maximum absolute atomic E-state index is 10.6. The molecule has 2 aliphatic heterocycles. The molecule has 2 aliphatic rings. The van der Waals surface area contributed by atoms with Crippen LogP contribution in [-0.2, 0) is 16.0 Å². The summed E-state index contributed by atoms with van der Waals surface area (Å²) < 4.78 is 63.5. The number of carboxylic acids is 2. The molecule has 2 fully saturated rings. The SMILES string of the molecule is CCc1[nH]c2nc(Sc3cnc4nccnc4c3)nc(N3CC(N4CCCCC4)C3)c2c1Cl.O=C(O)C(F)(F)F.O=C(O)C(F)(F)F. The molecule has 0 bridgehead atoms. The number of halogens is 7. The van der Waals surface area contributed by atoms with Crippen molar-refractivity contribution in [2.24, 2.45) is 0 Å². The minimum atomic E-state index is -5.08. The molecule has 12 nitrogen and oxygen atoms in total. The Balaban J connectivity index is 0.000000301. The predicted molar refractivity (Wildman–Crippen MR) is 159 cm³/mol. The third-order valence-corrected chi connectivity index (χ3v) is 8.28. The van der Waals surface area contributed by atoms with Crippen molar-refractivity contribution in [3.05, 3.63) is 35.4 Å². The fourth-order valence-corrected chi connectivity index (χ4v) is 5.84. The molecule has 47 heavy (non-hydrogen) atoms. The van der Waals surface area contributed by atoms with Crippen LogP contribution in [0.3, 0.4) is 0 Å². The first kappa shape index (κ1) is 35.9. The summed E-state index contributed by atoms with van der Waals surface area (Å²) in [6.07, 6.45) is -0.255. The summed E-state index contributed by atoms with van der Waals surface area (Å²) in [5.74, 6) is -4.59. The van der Waals surface area contributed by atoms with Crippen LogP contribution in [0.5, 0.6) is 0 Å². The van der Waals surface area contributed by atoms with Gasteiger partial charge in [-0.1, -0.05) is 24.9 Å². The lowest BCUT2D eigenvalue weighted by molar-refractivity contribution is -0.193. The molecule has 0 aliphatic carbocycles. The van der Waals surface area contributed by atoms with Gasteiger partial charge in [0.25, 0.3) is 0 Å². The highest BCUT2D eigenvalue weighted by Gasteiger charge is 2.39. The Hall–Kier alpha value is -3.97. The Labute approximate surface area is 271 Å². The summed E-state index contributed by atoms with van der Waals surface area (Å²) in [5.41, 5.74) is 3.18. The van der Waals surface area contributed by atoms with E-state index in [2.05, 4.69) is 36.7 Å². The third kappa shape index (κ3) is 9.10. The minimum absolute atomic E-state index is 0.595. The van der Waals surface area contributed by atoms with E-state index >= 15 is 0 Å². The Morgan fingerprint density at radius 3 is 2.15 bits per heavy atom. The van der Waals surface area contributed by atoms with Gasteiger partial charge in [-0.05, 0) is 50.2 Å². The van der Waals surface area contributed by atoms with Crippen molar-refractivity contribution in [3.8, 4) is 0 Å². The molecule has 0 aromatic carbocycles. The second kappa shape index (κ2) is 14.8. The average molecular weight is 709 g/mol. The van der Waals surface area contributed by atoms with Gasteiger partial charge >= 0.3 is 24.3 Å². The topological polar surface area (TPSA) is 161 Å². The number of fused-ring (bicyclic) bond motifs is 2. The normalized spacial score (nSPS) is 15.8. The van der Waals surface area contributed by atoms with E-state index in [1.807, 2.05) is 6.07 Å². The number of pyridine rings is 1. The van der Waals surface area contributed by atoms with Gasteiger partial charge in [-0.25, -0.2) is 29.5 Å². The molecular weight excluding hydrogens is 682 g/mol. The number of aryl methyl sites for hydroxylation is 1. The highest BCUT2D eigenvalue weighted by molar-refractivity contribution is 7.99. The number of rotatable bonds is 5. The Morgan fingerprint density at radius 2 is 1.57 bits per heavy atom. The monoisotopic (exact) mass is 708 g/mol.